The third-order valence-electron chi connectivity index (χ3n) is 1.77. The van der Waals surface area contributed by atoms with E-state index in [-0.39, 0.29) is 11.2 Å². The normalized spacial score (nSPS) is 33.2. The molecule has 0 bridgehead atoms. The third-order valence-corrected chi connectivity index (χ3v) is 1.77. The molecular weight excluding hydrogens is 116 g/mol. The number of hydrogen-bond acceptors (Lipinski definition) is 2. The maximum Gasteiger partial charge on any atom is 0.161 e. The van der Waals surface area contributed by atoms with Crippen molar-refractivity contribution >= 4 is 5.78 Å². The lowest BCUT2D eigenvalue weighted by Gasteiger charge is -2.13. The number of rotatable bonds is 0. The summed E-state index contributed by atoms with van der Waals surface area (Å²) in [5.41, 5.74) is 0.0382. The van der Waals surface area contributed by atoms with Crippen LogP contribution in [0.2, 0.25) is 0 Å². The molecule has 1 saturated carbocycles. The zero-order chi connectivity index (χ0) is 7.07. The second kappa shape index (κ2) is 1.81. The molecule has 9 heavy (non-hydrogen) atoms. The molecule has 0 aromatic rings. The SMILES string of the molecule is CC1(C)CC(=O)C(O)C1. The zero-order valence-corrected chi connectivity index (χ0v) is 5.85. The molecule has 0 heterocycles. The number of aliphatic hydroxyl groups is 1. The van der Waals surface area contributed by atoms with Gasteiger partial charge < -0.3 is 5.11 Å². The van der Waals surface area contributed by atoms with Crippen molar-refractivity contribution in [2.75, 3.05) is 0 Å². The molecule has 1 rings (SSSR count). The predicted molar refractivity (Wildman–Crippen MR) is 34.0 cm³/mol. The third kappa shape index (κ3) is 1.30. The van der Waals surface area contributed by atoms with Crippen LogP contribution < -0.4 is 0 Å². The molecule has 52 valence electrons. The van der Waals surface area contributed by atoms with Crippen molar-refractivity contribution < 1.29 is 9.90 Å². The Kier molecular flexibility index (Phi) is 1.35. The molecule has 1 N–H and O–H groups in total. The van der Waals surface area contributed by atoms with Crippen LogP contribution in [0.25, 0.3) is 0 Å². The number of Topliss-reactive ketones (excluding diaryl/α,β-unsaturated/α-hetero) is 1. The Bertz CT molecular complexity index is 138. The summed E-state index contributed by atoms with van der Waals surface area (Å²) in [6, 6.07) is 0. The van der Waals surface area contributed by atoms with Gasteiger partial charge in [0.05, 0.1) is 0 Å². The van der Waals surface area contributed by atoms with Gasteiger partial charge in [0.2, 0.25) is 0 Å². The zero-order valence-electron chi connectivity index (χ0n) is 5.85. The van der Waals surface area contributed by atoms with Crippen LogP contribution in [0.15, 0.2) is 0 Å². The first kappa shape index (κ1) is 6.75. The van der Waals surface area contributed by atoms with Gasteiger partial charge in [0.25, 0.3) is 0 Å². The predicted octanol–water partition coefficient (Wildman–Crippen LogP) is 0.736. The fourth-order valence-electron chi connectivity index (χ4n) is 1.30. The summed E-state index contributed by atoms with van der Waals surface area (Å²) in [7, 11) is 0. The molecule has 2 heteroatoms. The number of carbonyl (C=O) groups excluding carboxylic acids is 1. The Morgan fingerprint density at radius 3 is 2.33 bits per heavy atom. The van der Waals surface area contributed by atoms with Crippen LogP contribution in [0.3, 0.4) is 0 Å². The number of ketones is 1. The molecule has 0 amide bonds. The summed E-state index contributed by atoms with van der Waals surface area (Å²) >= 11 is 0. The van der Waals surface area contributed by atoms with Crippen molar-refractivity contribution in [2.24, 2.45) is 5.41 Å². The average Bonchev–Trinajstić information content (AvgIpc) is 1.79. The minimum Gasteiger partial charge on any atom is -0.385 e. The maximum absolute atomic E-state index is 10.7. The van der Waals surface area contributed by atoms with Crippen molar-refractivity contribution in [3.05, 3.63) is 0 Å². The second-order valence-electron chi connectivity index (χ2n) is 3.53. The van der Waals surface area contributed by atoms with E-state index < -0.39 is 6.10 Å². The topological polar surface area (TPSA) is 37.3 Å². The monoisotopic (exact) mass is 128 g/mol. The fourth-order valence-corrected chi connectivity index (χ4v) is 1.30. The Labute approximate surface area is 54.9 Å². The molecule has 0 saturated heterocycles. The van der Waals surface area contributed by atoms with Gasteiger partial charge >= 0.3 is 0 Å². The van der Waals surface area contributed by atoms with Crippen molar-refractivity contribution in [1.29, 1.82) is 0 Å². The van der Waals surface area contributed by atoms with E-state index in [1.165, 1.54) is 0 Å². The van der Waals surface area contributed by atoms with E-state index in [4.69, 9.17) is 5.11 Å². The molecule has 0 aromatic carbocycles. The van der Waals surface area contributed by atoms with E-state index in [2.05, 4.69) is 0 Å². The summed E-state index contributed by atoms with van der Waals surface area (Å²) < 4.78 is 0. The Balaban J connectivity index is 2.65. The van der Waals surface area contributed by atoms with Crippen molar-refractivity contribution in [1.82, 2.24) is 0 Å². The number of aliphatic hydroxyl groups excluding tert-OH is 1. The Morgan fingerprint density at radius 2 is 2.22 bits per heavy atom. The first-order valence-corrected chi connectivity index (χ1v) is 3.22. The standard InChI is InChI=1S/C7H12O2/c1-7(2)3-5(8)6(9)4-7/h5,8H,3-4H2,1-2H3. The van der Waals surface area contributed by atoms with Crippen molar-refractivity contribution in [3.8, 4) is 0 Å². The summed E-state index contributed by atoms with van der Waals surface area (Å²) in [5.74, 6) is 0.000000000000000222. The van der Waals surface area contributed by atoms with E-state index >= 15 is 0 Å². The van der Waals surface area contributed by atoms with Gasteiger partial charge in [-0.05, 0) is 11.8 Å². The van der Waals surface area contributed by atoms with Crippen LogP contribution in [-0.2, 0) is 4.79 Å². The molecule has 0 aromatic heterocycles. The molecule has 0 spiro atoms. The minimum absolute atomic E-state index is 0.000000000000000222. The molecule has 1 aliphatic carbocycles. The van der Waals surface area contributed by atoms with Gasteiger partial charge in [0.15, 0.2) is 5.78 Å². The van der Waals surface area contributed by atoms with Crippen molar-refractivity contribution in [2.45, 2.75) is 32.8 Å². The fraction of sp³-hybridized carbons (Fsp3) is 0.857. The van der Waals surface area contributed by atoms with Crippen LogP contribution in [0, 0.1) is 5.41 Å². The first-order valence-electron chi connectivity index (χ1n) is 3.22. The van der Waals surface area contributed by atoms with E-state index in [9.17, 15) is 4.79 Å². The van der Waals surface area contributed by atoms with Gasteiger partial charge in [-0.25, -0.2) is 0 Å². The molecule has 1 atom stereocenters. The number of carbonyl (C=O) groups is 1. The second-order valence-corrected chi connectivity index (χ2v) is 3.53. The summed E-state index contributed by atoms with van der Waals surface area (Å²) in [6.45, 7) is 4.00. The Morgan fingerprint density at radius 1 is 1.67 bits per heavy atom. The lowest BCUT2D eigenvalue weighted by atomic mass is 9.92. The van der Waals surface area contributed by atoms with Gasteiger partial charge in [-0.1, -0.05) is 13.8 Å². The molecule has 0 aliphatic heterocycles. The van der Waals surface area contributed by atoms with Crippen LogP contribution in [-0.4, -0.2) is 17.0 Å². The van der Waals surface area contributed by atoms with Crippen LogP contribution in [0.1, 0.15) is 26.7 Å². The molecule has 1 aliphatic rings. The van der Waals surface area contributed by atoms with Gasteiger partial charge in [-0.3, -0.25) is 4.79 Å². The summed E-state index contributed by atoms with van der Waals surface area (Å²) in [5, 5.41) is 8.98. The summed E-state index contributed by atoms with van der Waals surface area (Å²) in [4.78, 5) is 10.7. The van der Waals surface area contributed by atoms with E-state index in [1.807, 2.05) is 13.8 Å². The van der Waals surface area contributed by atoms with Crippen LogP contribution >= 0.6 is 0 Å². The highest BCUT2D eigenvalue weighted by atomic mass is 16.3. The minimum atomic E-state index is -0.681. The van der Waals surface area contributed by atoms with Crippen molar-refractivity contribution in [3.63, 3.8) is 0 Å². The van der Waals surface area contributed by atoms with Crippen LogP contribution in [0.5, 0.6) is 0 Å². The van der Waals surface area contributed by atoms with E-state index in [0.29, 0.717) is 12.8 Å². The van der Waals surface area contributed by atoms with Gasteiger partial charge in [-0.2, -0.15) is 0 Å². The maximum atomic E-state index is 10.7. The Hall–Kier alpha value is -0.370. The lowest BCUT2D eigenvalue weighted by molar-refractivity contribution is -0.124. The highest BCUT2D eigenvalue weighted by Crippen LogP contribution is 2.34. The number of hydrogen-bond donors (Lipinski definition) is 1. The highest BCUT2D eigenvalue weighted by Gasteiger charge is 2.36. The lowest BCUT2D eigenvalue weighted by Crippen LogP contribution is -2.10. The van der Waals surface area contributed by atoms with E-state index in [1.54, 1.807) is 0 Å². The van der Waals surface area contributed by atoms with Gasteiger partial charge in [0.1, 0.15) is 6.10 Å². The first-order chi connectivity index (χ1) is 4.01. The van der Waals surface area contributed by atoms with E-state index in [0.717, 1.165) is 0 Å². The largest absolute Gasteiger partial charge is 0.385 e. The molecule has 1 unspecified atom stereocenters. The molecular formula is C7H12O2. The van der Waals surface area contributed by atoms with Crippen LogP contribution in [0.4, 0.5) is 0 Å². The quantitative estimate of drug-likeness (QED) is 0.522. The van der Waals surface area contributed by atoms with Gasteiger partial charge in [-0.15, -0.1) is 0 Å². The molecule has 2 nitrogen and oxygen atoms in total. The molecule has 0 radical (unpaired) electrons. The molecule has 1 fully saturated rings. The summed E-state index contributed by atoms with van der Waals surface area (Å²) in [6.07, 6.45) is 0.486. The smallest absolute Gasteiger partial charge is 0.161 e. The average molecular weight is 128 g/mol. The van der Waals surface area contributed by atoms with Gasteiger partial charge in [0, 0.05) is 6.42 Å². The highest BCUT2D eigenvalue weighted by molar-refractivity contribution is 5.85.